The molecule has 0 radical (unpaired) electrons. The molecule has 4 rings (SSSR count). The Kier molecular flexibility index (Phi) is 3.65. The van der Waals surface area contributed by atoms with E-state index in [1.54, 1.807) is 11.8 Å². The van der Waals surface area contributed by atoms with Crippen molar-refractivity contribution in [2.24, 2.45) is 5.92 Å². The van der Waals surface area contributed by atoms with Crippen LogP contribution in [0, 0.1) is 5.92 Å². The lowest BCUT2D eigenvalue weighted by Crippen LogP contribution is -2.06. The van der Waals surface area contributed by atoms with Gasteiger partial charge in [0.25, 0.3) is 0 Å². The molecule has 5 heteroatoms. The van der Waals surface area contributed by atoms with E-state index in [4.69, 9.17) is 0 Å². The number of fused-ring (bicyclic) bond motifs is 1. The third-order valence-corrected chi connectivity index (χ3v) is 4.90. The van der Waals surface area contributed by atoms with E-state index in [1.165, 1.54) is 4.90 Å². The maximum Gasteiger partial charge on any atom is 0.159 e. The number of carbonyl (C=O) groups is 1. The van der Waals surface area contributed by atoms with Crippen LogP contribution in [-0.4, -0.2) is 26.6 Å². The first kappa shape index (κ1) is 14.5. The van der Waals surface area contributed by atoms with Crippen molar-refractivity contribution in [3.63, 3.8) is 0 Å². The number of thioether (sulfide) groups is 1. The van der Waals surface area contributed by atoms with Gasteiger partial charge in [0, 0.05) is 16.4 Å². The number of aromatic nitrogens is 3. The topological polar surface area (TPSA) is 47.3 Å². The van der Waals surface area contributed by atoms with E-state index in [1.807, 2.05) is 22.7 Å². The SMILES string of the molecule is CSc1ccc(-c2cccc3nc(CC(=O)C4CC4)nn23)cc1. The van der Waals surface area contributed by atoms with Gasteiger partial charge in [0.1, 0.15) is 5.78 Å². The fraction of sp³-hybridized carbons (Fsp3) is 0.278. The van der Waals surface area contributed by atoms with Crippen molar-refractivity contribution in [1.82, 2.24) is 14.6 Å². The molecule has 0 spiro atoms. The number of hydrogen-bond donors (Lipinski definition) is 0. The van der Waals surface area contributed by atoms with Gasteiger partial charge in [-0.25, -0.2) is 9.50 Å². The van der Waals surface area contributed by atoms with Gasteiger partial charge in [-0.3, -0.25) is 4.79 Å². The number of nitrogens with zero attached hydrogens (tertiary/aromatic N) is 3. The second kappa shape index (κ2) is 5.81. The molecule has 0 atom stereocenters. The summed E-state index contributed by atoms with van der Waals surface area (Å²) in [4.78, 5) is 17.7. The Morgan fingerprint density at radius 1 is 1.22 bits per heavy atom. The first-order valence-electron chi connectivity index (χ1n) is 7.76. The van der Waals surface area contributed by atoms with Crippen LogP contribution in [-0.2, 0) is 11.2 Å². The van der Waals surface area contributed by atoms with Crippen LogP contribution in [0.25, 0.3) is 16.9 Å². The Bertz CT molecular complexity index is 866. The lowest BCUT2D eigenvalue weighted by molar-refractivity contribution is -0.119. The fourth-order valence-corrected chi connectivity index (χ4v) is 3.12. The molecule has 1 saturated carbocycles. The summed E-state index contributed by atoms with van der Waals surface area (Å²) in [5, 5.41) is 4.56. The van der Waals surface area contributed by atoms with Gasteiger partial charge in [0.15, 0.2) is 11.5 Å². The molecule has 0 bridgehead atoms. The summed E-state index contributed by atoms with van der Waals surface area (Å²) in [5.41, 5.74) is 2.88. The third-order valence-electron chi connectivity index (χ3n) is 4.15. The van der Waals surface area contributed by atoms with Gasteiger partial charge in [0.2, 0.25) is 0 Å². The summed E-state index contributed by atoms with van der Waals surface area (Å²) in [6, 6.07) is 14.3. The van der Waals surface area contributed by atoms with Crippen molar-refractivity contribution in [3.05, 3.63) is 48.3 Å². The zero-order chi connectivity index (χ0) is 15.8. The minimum Gasteiger partial charge on any atom is -0.299 e. The average molecular weight is 323 g/mol. The first-order chi connectivity index (χ1) is 11.2. The Morgan fingerprint density at radius 3 is 2.70 bits per heavy atom. The van der Waals surface area contributed by atoms with Gasteiger partial charge in [-0.05, 0) is 43.4 Å². The molecule has 2 heterocycles. The zero-order valence-electron chi connectivity index (χ0n) is 12.9. The summed E-state index contributed by atoms with van der Waals surface area (Å²) >= 11 is 1.72. The second-order valence-electron chi connectivity index (χ2n) is 5.85. The summed E-state index contributed by atoms with van der Waals surface area (Å²) in [7, 11) is 0. The van der Waals surface area contributed by atoms with Crippen molar-refractivity contribution in [2.75, 3.05) is 6.26 Å². The first-order valence-corrected chi connectivity index (χ1v) is 8.99. The molecule has 3 aromatic rings. The predicted molar refractivity (Wildman–Crippen MR) is 91.6 cm³/mol. The molecule has 23 heavy (non-hydrogen) atoms. The van der Waals surface area contributed by atoms with Crippen LogP contribution in [0.3, 0.4) is 0 Å². The highest BCUT2D eigenvalue weighted by Gasteiger charge is 2.30. The predicted octanol–water partition coefficient (Wildman–Crippen LogP) is 3.64. The lowest BCUT2D eigenvalue weighted by atomic mass is 10.1. The summed E-state index contributed by atoms with van der Waals surface area (Å²) in [6.07, 6.45) is 4.46. The molecular weight excluding hydrogens is 306 g/mol. The minimum absolute atomic E-state index is 0.250. The Morgan fingerprint density at radius 2 is 2.00 bits per heavy atom. The number of hydrogen-bond acceptors (Lipinski definition) is 4. The van der Waals surface area contributed by atoms with Crippen LogP contribution in [0.1, 0.15) is 18.7 Å². The van der Waals surface area contributed by atoms with E-state index in [0.717, 1.165) is 29.7 Å². The summed E-state index contributed by atoms with van der Waals surface area (Å²) in [5.74, 6) is 1.14. The molecule has 1 aromatic carbocycles. The number of rotatable bonds is 5. The van der Waals surface area contributed by atoms with E-state index in [2.05, 4.69) is 40.6 Å². The molecule has 0 saturated heterocycles. The molecule has 1 aliphatic carbocycles. The molecule has 116 valence electrons. The third kappa shape index (κ3) is 2.88. The van der Waals surface area contributed by atoms with E-state index < -0.39 is 0 Å². The van der Waals surface area contributed by atoms with Gasteiger partial charge in [-0.15, -0.1) is 11.8 Å². The molecule has 0 N–H and O–H groups in total. The van der Waals surface area contributed by atoms with E-state index in [9.17, 15) is 4.79 Å². The van der Waals surface area contributed by atoms with Crippen LogP contribution in [0.15, 0.2) is 47.4 Å². The van der Waals surface area contributed by atoms with Crippen molar-refractivity contribution in [1.29, 1.82) is 0 Å². The largest absolute Gasteiger partial charge is 0.299 e. The minimum atomic E-state index is 0.250. The normalized spacial score (nSPS) is 14.3. The maximum absolute atomic E-state index is 12.0. The molecule has 1 fully saturated rings. The highest BCUT2D eigenvalue weighted by atomic mass is 32.2. The van der Waals surface area contributed by atoms with Gasteiger partial charge < -0.3 is 0 Å². The fourth-order valence-electron chi connectivity index (χ4n) is 2.71. The molecule has 0 amide bonds. The lowest BCUT2D eigenvalue weighted by Gasteiger charge is -2.05. The average Bonchev–Trinajstić information content (AvgIpc) is 3.35. The highest BCUT2D eigenvalue weighted by Crippen LogP contribution is 2.31. The van der Waals surface area contributed by atoms with Crippen LogP contribution >= 0.6 is 11.8 Å². The summed E-state index contributed by atoms with van der Waals surface area (Å²) in [6.45, 7) is 0. The van der Waals surface area contributed by atoms with Crippen molar-refractivity contribution < 1.29 is 4.79 Å². The van der Waals surface area contributed by atoms with Crippen LogP contribution in [0.5, 0.6) is 0 Å². The van der Waals surface area contributed by atoms with Crippen LogP contribution in [0.4, 0.5) is 0 Å². The maximum atomic E-state index is 12.0. The van der Waals surface area contributed by atoms with E-state index in [-0.39, 0.29) is 11.7 Å². The molecule has 4 nitrogen and oxygen atoms in total. The Balaban J connectivity index is 1.71. The van der Waals surface area contributed by atoms with Crippen molar-refractivity contribution >= 4 is 23.2 Å². The second-order valence-corrected chi connectivity index (χ2v) is 6.73. The Hall–Kier alpha value is -2.14. The van der Waals surface area contributed by atoms with Crippen LogP contribution in [0.2, 0.25) is 0 Å². The number of benzene rings is 1. The molecule has 2 aromatic heterocycles. The quantitative estimate of drug-likeness (QED) is 0.673. The van der Waals surface area contributed by atoms with Gasteiger partial charge in [-0.2, -0.15) is 5.10 Å². The molecular formula is C18H17N3OS. The van der Waals surface area contributed by atoms with E-state index in [0.29, 0.717) is 12.2 Å². The van der Waals surface area contributed by atoms with Gasteiger partial charge >= 0.3 is 0 Å². The molecule has 0 aliphatic heterocycles. The molecule has 1 aliphatic rings. The molecule has 0 unspecified atom stereocenters. The highest BCUT2D eigenvalue weighted by molar-refractivity contribution is 7.98. The van der Waals surface area contributed by atoms with E-state index >= 15 is 0 Å². The van der Waals surface area contributed by atoms with Crippen LogP contribution < -0.4 is 0 Å². The zero-order valence-corrected chi connectivity index (χ0v) is 13.7. The Labute approximate surface area is 138 Å². The smallest absolute Gasteiger partial charge is 0.159 e. The monoisotopic (exact) mass is 323 g/mol. The van der Waals surface area contributed by atoms with Crippen molar-refractivity contribution in [2.45, 2.75) is 24.2 Å². The standard InChI is InChI=1S/C18H17N3OS/c1-23-14-9-7-12(8-10-14)15-3-2-4-18-19-17(20-21(15)18)11-16(22)13-5-6-13/h2-4,7-10,13H,5-6,11H2,1H3. The van der Waals surface area contributed by atoms with Gasteiger partial charge in [0.05, 0.1) is 12.1 Å². The van der Waals surface area contributed by atoms with Gasteiger partial charge in [-0.1, -0.05) is 18.2 Å². The van der Waals surface area contributed by atoms with Crippen molar-refractivity contribution in [3.8, 4) is 11.3 Å². The number of carbonyl (C=O) groups excluding carboxylic acids is 1. The number of ketones is 1. The number of pyridine rings is 1. The number of Topliss-reactive ketones (excluding diaryl/α,β-unsaturated/α-hetero) is 1. The summed E-state index contributed by atoms with van der Waals surface area (Å²) < 4.78 is 1.84.